The number of para-hydroxylation sites is 2. The molecule has 2 rings (SSSR count). The Balaban J connectivity index is 1.93. The molecule has 5 nitrogen and oxygen atoms in total. The maximum Gasteiger partial charge on any atom is 0.220 e. The minimum Gasteiger partial charge on any atom is -0.491 e. The van der Waals surface area contributed by atoms with Crippen molar-refractivity contribution in [2.24, 2.45) is 5.73 Å². The highest BCUT2D eigenvalue weighted by molar-refractivity contribution is 5.73. The molecule has 100 valence electrons. The monoisotopic (exact) mass is 259 g/mol. The molecule has 0 unspecified atom stereocenters. The quantitative estimate of drug-likeness (QED) is 0.710. The van der Waals surface area contributed by atoms with E-state index in [1.807, 2.05) is 42.6 Å². The maximum absolute atomic E-state index is 10.7. The summed E-state index contributed by atoms with van der Waals surface area (Å²) >= 11 is 0. The van der Waals surface area contributed by atoms with Crippen LogP contribution in [0, 0.1) is 0 Å². The minimum absolute atomic E-state index is 0.213. The van der Waals surface area contributed by atoms with Crippen molar-refractivity contribution in [3.05, 3.63) is 48.3 Å². The molecule has 0 aliphatic rings. The summed E-state index contributed by atoms with van der Waals surface area (Å²) < 4.78 is 5.54. The summed E-state index contributed by atoms with van der Waals surface area (Å²) in [5.41, 5.74) is 7.06. The summed E-state index contributed by atoms with van der Waals surface area (Å²) in [7, 11) is 0. The Hall–Kier alpha value is -2.43. The molecule has 0 aliphatic heterocycles. The van der Waals surface area contributed by atoms with Crippen LogP contribution >= 0.6 is 0 Å². The van der Waals surface area contributed by atoms with Gasteiger partial charge in [0.25, 0.3) is 0 Å². The van der Waals surface area contributed by atoms with Gasteiger partial charge in [0, 0.05) is 11.9 Å². The molecular formula is C14H17N3O2. The van der Waals surface area contributed by atoms with Gasteiger partial charge in [-0.2, -0.15) is 0 Å². The van der Waals surface area contributed by atoms with Crippen LogP contribution in [0.2, 0.25) is 0 Å². The van der Waals surface area contributed by atoms with Gasteiger partial charge in [-0.05, 0) is 24.3 Å². The number of nitrogens with one attached hydrogen (secondary N) is 2. The minimum atomic E-state index is -0.364. The van der Waals surface area contributed by atoms with E-state index in [-0.39, 0.29) is 18.9 Å². The van der Waals surface area contributed by atoms with Gasteiger partial charge in [-0.3, -0.25) is 4.79 Å². The fourth-order valence-electron chi connectivity index (χ4n) is 1.67. The highest BCUT2D eigenvalue weighted by atomic mass is 16.5. The molecule has 1 aromatic carbocycles. The second kappa shape index (κ2) is 6.49. The van der Waals surface area contributed by atoms with Gasteiger partial charge in [0.05, 0.1) is 25.3 Å². The first-order valence-corrected chi connectivity index (χ1v) is 6.12. The predicted octanol–water partition coefficient (Wildman–Crippen LogP) is 1.88. The zero-order chi connectivity index (χ0) is 13.5. The fourth-order valence-corrected chi connectivity index (χ4v) is 1.67. The lowest BCUT2D eigenvalue weighted by Gasteiger charge is -2.12. The predicted molar refractivity (Wildman–Crippen MR) is 73.9 cm³/mol. The third-order valence-electron chi connectivity index (χ3n) is 2.62. The van der Waals surface area contributed by atoms with Crippen LogP contribution in [-0.4, -0.2) is 17.5 Å². The van der Waals surface area contributed by atoms with Crippen LogP contribution in [0.1, 0.15) is 12.1 Å². The zero-order valence-corrected chi connectivity index (χ0v) is 10.6. The van der Waals surface area contributed by atoms with Crippen molar-refractivity contribution in [1.82, 2.24) is 4.98 Å². The summed E-state index contributed by atoms with van der Waals surface area (Å²) in [5.74, 6) is 0.354. The van der Waals surface area contributed by atoms with Crippen LogP contribution in [0.25, 0.3) is 0 Å². The van der Waals surface area contributed by atoms with E-state index in [9.17, 15) is 4.79 Å². The number of anilines is 1. The molecule has 5 heteroatoms. The average molecular weight is 259 g/mol. The number of benzene rings is 1. The van der Waals surface area contributed by atoms with Crippen molar-refractivity contribution in [2.45, 2.75) is 13.0 Å². The van der Waals surface area contributed by atoms with E-state index >= 15 is 0 Å². The molecule has 2 aromatic rings. The van der Waals surface area contributed by atoms with E-state index in [0.717, 1.165) is 17.1 Å². The smallest absolute Gasteiger partial charge is 0.220 e. The van der Waals surface area contributed by atoms with Gasteiger partial charge in [0.15, 0.2) is 0 Å². The number of ether oxygens (including phenoxy) is 1. The Morgan fingerprint density at radius 2 is 2.11 bits per heavy atom. The van der Waals surface area contributed by atoms with Gasteiger partial charge in [-0.25, -0.2) is 0 Å². The SMILES string of the molecule is NC(=O)CCOc1ccccc1NCc1ccc[nH]1. The Bertz CT molecular complexity index is 523. The molecule has 1 amide bonds. The van der Waals surface area contributed by atoms with Crippen LogP contribution in [0.3, 0.4) is 0 Å². The molecule has 0 saturated carbocycles. The van der Waals surface area contributed by atoms with Crippen molar-refractivity contribution in [2.75, 3.05) is 11.9 Å². The van der Waals surface area contributed by atoms with E-state index in [1.54, 1.807) is 0 Å². The Kier molecular flexibility index (Phi) is 4.44. The van der Waals surface area contributed by atoms with Gasteiger partial charge in [0.2, 0.25) is 5.91 Å². The summed E-state index contributed by atoms with van der Waals surface area (Å²) in [6.45, 7) is 0.972. The highest BCUT2D eigenvalue weighted by Gasteiger charge is 2.03. The van der Waals surface area contributed by atoms with Crippen molar-refractivity contribution < 1.29 is 9.53 Å². The van der Waals surface area contributed by atoms with Crippen molar-refractivity contribution >= 4 is 11.6 Å². The molecule has 4 N–H and O–H groups in total. The third kappa shape index (κ3) is 4.06. The summed E-state index contributed by atoms with van der Waals surface area (Å²) in [6, 6.07) is 11.6. The number of amides is 1. The number of primary amides is 1. The van der Waals surface area contributed by atoms with Crippen LogP contribution < -0.4 is 15.8 Å². The normalized spacial score (nSPS) is 10.1. The average Bonchev–Trinajstić information content (AvgIpc) is 2.90. The first-order valence-electron chi connectivity index (χ1n) is 6.12. The van der Waals surface area contributed by atoms with Gasteiger partial charge < -0.3 is 20.8 Å². The topological polar surface area (TPSA) is 80.1 Å². The molecule has 19 heavy (non-hydrogen) atoms. The first kappa shape index (κ1) is 13.0. The van der Waals surface area contributed by atoms with Crippen LogP contribution in [-0.2, 0) is 11.3 Å². The molecule has 0 radical (unpaired) electrons. The van der Waals surface area contributed by atoms with Gasteiger partial charge in [-0.15, -0.1) is 0 Å². The Morgan fingerprint density at radius 1 is 1.26 bits per heavy atom. The van der Waals surface area contributed by atoms with Crippen LogP contribution in [0.4, 0.5) is 5.69 Å². The second-order valence-electron chi connectivity index (χ2n) is 4.11. The molecular weight excluding hydrogens is 242 g/mol. The van der Waals surface area contributed by atoms with Crippen LogP contribution in [0.5, 0.6) is 5.75 Å². The van der Waals surface area contributed by atoms with E-state index in [0.29, 0.717) is 6.54 Å². The van der Waals surface area contributed by atoms with Gasteiger partial charge in [-0.1, -0.05) is 12.1 Å². The molecule has 1 aromatic heterocycles. The lowest BCUT2D eigenvalue weighted by atomic mass is 10.3. The molecule has 0 saturated heterocycles. The fraction of sp³-hybridized carbons (Fsp3) is 0.214. The molecule has 1 heterocycles. The van der Waals surface area contributed by atoms with Gasteiger partial charge in [0.1, 0.15) is 5.75 Å². The number of H-pyrrole nitrogens is 1. The number of aromatic nitrogens is 1. The van der Waals surface area contributed by atoms with Crippen molar-refractivity contribution in [1.29, 1.82) is 0 Å². The van der Waals surface area contributed by atoms with Crippen molar-refractivity contribution in [3.8, 4) is 5.75 Å². The summed E-state index contributed by atoms with van der Waals surface area (Å²) in [4.78, 5) is 13.8. The second-order valence-corrected chi connectivity index (χ2v) is 4.11. The maximum atomic E-state index is 10.7. The molecule has 0 aliphatic carbocycles. The molecule has 0 atom stereocenters. The summed E-state index contributed by atoms with van der Waals surface area (Å²) in [6.07, 6.45) is 2.09. The number of rotatable bonds is 7. The zero-order valence-electron chi connectivity index (χ0n) is 10.6. The lowest BCUT2D eigenvalue weighted by Crippen LogP contribution is -2.15. The number of hydrogen-bond donors (Lipinski definition) is 3. The highest BCUT2D eigenvalue weighted by Crippen LogP contribution is 2.24. The molecule has 0 fully saturated rings. The van der Waals surface area contributed by atoms with E-state index in [2.05, 4.69) is 10.3 Å². The summed E-state index contributed by atoms with van der Waals surface area (Å²) in [5, 5.41) is 3.28. The van der Waals surface area contributed by atoms with Crippen molar-refractivity contribution in [3.63, 3.8) is 0 Å². The number of carbonyl (C=O) groups excluding carboxylic acids is 1. The Morgan fingerprint density at radius 3 is 2.84 bits per heavy atom. The standard InChI is InChI=1S/C14H17N3O2/c15-14(18)7-9-19-13-6-2-1-5-12(13)17-10-11-4-3-8-16-11/h1-6,8,16-17H,7,9-10H2,(H2,15,18). The van der Waals surface area contributed by atoms with E-state index in [1.165, 1.54) is 0 Å². The van der Waals surface area contributed by atoms with Gasteiger partial charge >= 0.3 is 0 Å². The van der Waals surface area contributed by atoms with Crippen LogP contribution in [0.15, 0.2) is 42.6 Å². The molecule has 0 bridgehead atoms. The van der Waals surface area contributed by atoms with E-state index < -0.39 is 0 Å². The largest absolute Gasteiger partial charge is 0.491 e. The number of hydrogen-bond acceptors (Lipinski definition) is 3. The van der Waals surface area contributed by atoms with E-state index in [4.69, 9.17) is 10.5 Å². The number of carbonyl (C=O) groups is 1. The number of aromatic amines is 1. The third-order valence-corrected chi connectivity index (χ3v) is 2.62. The molecule has 0 spiro atoms. The lowest BCUT2D eigenvalue weighted by molar-refractivity contribution is -0.118. The number of nitrogens with two attached hydrogens (primary N) is 1. The Labute approximate surface area is 111 Å². The first-order chi connectivity index (χ1) is 9.25.